The van der Waals surface area contributed by atoms with E-state index in [-0.39, 0.29) is 34.7 Å². The molecular weight excluding hydrogens is 548 g/mol. The topological polar surface area (TPSA) is 106 Å². The van der Waals surface area contributed by atoms with Crippen LogP contribution in [-0.2, 0) is 9.84 Å². The fourth-order valence-corrected chi connectivity index (χ4v) is 7.50. The van der Waals surface area contributed by atoms with Crippen molar-refractivity contribution >= 4 is 32.6 Å². The first-order chi connectivity index (χ1) is 19.5. The number of aromatic nitrogens is 5. The number of sulfone groups is 1. The highest BCUT2D eigenvalue weighted by molar-refractivity contribution is 7.90. The van der Waals surface area contributed by atoms with Crippen LogP contribution in [0.15, 0.2) is 36.7 Å². The van der Waals surface area contributed by atoms with E-state index < -0.39 is 26.7 Å². The molecule has 4 aromatic rings. The molecule has 1 N–H and O–H groups in total. The van der Waals surface area contributed by atoms with Gasteiger partial charge in [-0.3, -0.25) is 0 Å². The molecule has 0 radical (unpaired) electrons. The number of anilines is 2. The molecule has 9 nitrogen and oxygen atoms in total. The van der Waals surface area contributed by atoms with Crippen molar-refractivity contribution in [3.63, 3.8) is 0 Å². The van der Waals surface area contributed by atoms with E-state index in [1.807, 2.05) is 18.4 Å². The number of imidazole rings is 1. The van der Waals surface area contributed by atoms with Crippen molar-refractivity contribution in [1.29, 1.82) is 0 Å². The second-order valence-electron chi connectivity index (χ2n) is 11.0. The lowest BCUT2D eigenvalue weighted by molar-refractivity contribution is 0.188. The zero-order valence-electron chi connectivity index (χ0n) is 23.9. The predicted octanol–water partition coefficient (Wildman–Crippen LogP) is 5.62. The highest BCUT2D eigenvalue weighted by Gasteiger charge is 2.34. The molecule has 0 amide bonds. The summed E-state index contributed by atoms with van der Waals surface area (Å²) in [7, 11) is -3.36. The van der Waals surface area contributed by atoms with Gasteiger partial charge in [0.15, 0.2) is 21.5 Å². The molecule has 1 atom stereocenters. The van der Waals surface area contributed by atoms with E-state index in [4.69, 9.17) is 0 Å². The Hall–Kier alpha value is -3.51. The monoisotopic (exact) mass is 583 g/mol. The molecule has 41 heavy (non-hydrogen) atoms. The minimum Gasteiger partial charge on any atom is -0.326 e. The molecule has 1 aliphatic heterocycles. The van der Waals surface area contributed by atoms with Gasteiger partial charge in [0, 0.05) is 24.1 Å². The Bertz CT molecular complexity index is 1660. The summed E-state index contributed by atoms with van der Waals surface area (Å²) in [5.74, 6) is -0.141. The van der Waals surface area contributed by atoms with Crippen LogP contribution in [-0.4, -0.2) is 63.7 Å². The molecule has 1 fully saturated rings. The summed E-state index contributed by atoms with van der Waals surface area (Å²) < 4.78 is 57.4. The number of halogens is 2. The van der Waals surface area contributed by atoms with Crippen molar-refractivity contribution in [2.75, 3.05) is 31.2 Å². The average molecular weight is 584 g/mol. The van der Waals surface area contributed by atoms with Crippen molar-refractivity contribution < 1.29 is 17.2 Å². The highest BCUT2D eigenvalue weighted by atomic mass is 32.2. The molecular formula is C29H35F2N7O2S. The zero-order chi connectivity index (χ0) is 29.5. The van der Waals surface area contributed by atoms with Gasteiger partial charge >= 0.3 is 0 Å². The number of rotatable bonds is 8. The van der Waals surface area contributed by atoms with Crippen LogP contribution in [0.1, 0.15) is 56.3 Å². The molecule has 5 rings (SSSR count). The van der Waals surface area contributed by atoms with Crippen LogP contribution in [0.2, 0.25) is 0 Å². The highest BCUT2D eigenvalue weighted by Crippen LogP contribution is 2.37. The lowest BCUT2D eigenvalue weighted by atomic mass is 9.90. The number of nitrogens with one attached hydrogen (secondary N) is 1. The van der Waals surface area contributed by atoms with Crippen molar-refractivity contribution in [3.8, 4) is 11.3 Å². The summed E-state index contributed by atoms with van der Waals surface area (Å²) in [6.45, 7) is 10.6. The van der Waals surface area contributed by atoms with E-state index in [9.17, 15) is 12.8 Å². The molecule has 1 aromatic carbocycles. The molecule has 1 saturated heterocycles. The SMILES string of the molecule is CCN1CCC([C@H](c2ccc(Nc3ncc(F)c(-c4cc(F)c5nc(C)n(C(C)C)c5c4)n3)nc2)S(C)(=O)=O)CC1. The van der Waals surface area contributed by atoms with E-state index in [0.717, 1.165) is 38.7 Å². The number of fused-ring (bicyclic) bond motifs is 1. The number of hydrogen-bond acceptors (Lipinski definition) is 8. The zero-order valence-corrected chi connectivity index (χ0v) is 24.7. The predicted molar refractivity (Wildman–Crippen MR) is 156 cm³/mol. The Labute approximate surface area is 239 Å². The maximum atomic E-state index is 15.0. The van der Waals surface area contributed by atoms with Crippen molar-refractivity contribution in [3.05, 3.63) is 59.7 Å². The van der Waals surface area contributed by atoms with E-state index in [1.165, 1.54) is 12.3 Å². The van der Waals surface area contributed by atoms with Crippen molar-refractivity contribution in [2.24, 2.45) is 5.92 Å². The standard InChI is InChI=1S/C29H35F2N7O2S/c1-6-37-11-9-19(10-12-37)28(41(5,39)40)20-7-8-25(32-15-20)35-29-33-16-23(31)26(36-29)21-13-22(30)27-24(14-21)38(17(2)3)18(4)34-27/h7-8,13-17,19,28H,6,9-12H2,1-5H3,(H,32,33,35,36)/t28-/m1/s1. The van der Waals surface area contributed by atoms with E-state index in [1.54, 1.807) is 31.3 Å². The molecule has 4 heterocycles. The normalized spacial score (nSPS) is 16.0. The number of hydrogen-bond donors (Lipinski definition) is 1. The third-order valence-electron chi connectivity index (χ3n) is 7.78. The lowest BCUT2D eigenvalue weighted by Gasteiger charge is -2.35. The van der Waals surface area contributed by atoms with Gasteiger partial charge in [0.1, 0.15) is 22.9 Å². The quantitative estimate of drug-likeness (QED) is 0.285. The molecule has 0 spiro atoms. The van der Waals surface area contributed by atoms with Gasteiger partial charge in [0.05, 0.1) is 17.0 Å². The Morgan fingerprint density at radius 1 is 1.05 bits per heavy atom. The third-order valence-corrected chi connectivity index (χ3v) is 9.36. The van der Waals surface area contributed by atoms with Gasteiger partial charge in [0.25, 0.3) is 0 Å². The minimum absolute atomic E-state index is 0.0184. The molecule has 0 bridgehead atoms. The molecule has 0 aliphatic carbocycles. The first-order valence-electron chi connectivity index (χ1n) is 13.8. The number of likely N-dealkylation sites (tertiary alicyclic amines) is 1. The van der Waals surface area contributed by atoms with E-state index in [0.29, 0.717) is 22.7 Å². The smallest absolute Gasteiger partial charge is 0.229 e. The average Bonchev–Trinajstić information content (AvgIpc) is 3.27. The number of piperidine rings is 1. The van der Waals surface area contributed by atoms with E-state index >= 15 is 4.39 Å². The van der Waals surface area contributed by atoms with Gasteiger partial charge in [-0.1, -0.05) is 13.0 Å². The van der Waals surface area contributed by atoms with Gasteiger partial charge in [-0.25, -0.2) is 37.1 Å². The lowest BCUT2D eigenvalue weighted by Crippen LogP contribution is -2.37. The molecule has 3 aromatic heterocycles. The Kier molecular flexibility index (Phi) is 8.06. The Balaban J connectivity index is 1.41. The summed E-state index contributed by atoms with van der Waals surface area (Å²) in [6.07, 6.45) is 5.47. The van der Waals surface area contributed by atoms with Crippen LogP contribution in [0.25, 0.3) is 22.3 Å². The van der Waals surface area contributed by atoms with Gasteiger partial charge in [-0.15, -0.1) is 0 Å². The minimum atomic E-state index is -3.36. The first kappa shape index (κ1) is 29.0. The first-order valence-corrected chi connectivity index (χ1v) is 15.8. The molecule has 218 valence electrons. The maximum Gasteiger partial charge on any atom is 0.229 e. The molecule has 0 unspecified atom stereocenters. The van der Waals surface area contributed by atoms with Gasteiger partial charge in [-0.05, 0) is 82.9 Å². The fourth-order valence-electron chi connectivity index (χ4n) is 5.89. The van der Waals surface area contributed by atoms with Crippen LogP contribution in [0, 0.1) is 24.5 Å². The van der Waals surface area contributed by atoms with Gasteiger partial charge in [-0.2, -0.15) is 0 Å². The summed E-state index contributed by atoms with van der Waals surface area (Å²) in [5.41, 5.74) is 1.60. The number of nitrogens with zero attached hydrogens (tertiary/aromatic N) is 6. The maximum absolute atomic E-state index is 15.0. The fraction of sp³-hybridized carbons (Fsp3) is 0.448. The number of pyridine rings is 1. The Morgan fingerprint density at radius 2 is 1.78 bits per heavy atom. The summed E-state index contributed by atoms with van der Waals surface area (Å²) in [5, 5.41) is 2.32. The van der Waals surface area contributed by atoms with E-state index in [2.05, 4.69) is 37.1 Å². The largest absolute Gasteiger partial charge is 0.326 e. The molecule has 12 heteroatoms. The summed E-state index contributed by atoms with van der Waals surface area (Å²) >= 11 is 0. The number of aryl methyl sites for hydroxylation is 1. The van der Waals surface area contributed by atoms with Crippen LogP contribution in [0.3, 0.4) is 0 Å². The molecule has 1 aliphatic rings. The van der Waals surface area contributed by atoms with Crippen molar-refractivity contribution in [2.45, 2.75) is 51.8 Å². The van der Waals surface area contributed by atoms with Crippen LogP contribution in [0.5, 0.6) is 0 Å². The van der Waals surface area contributed by atoms with Gasteiger partial charge < -0.3 is 14.8 Å². The molecule has 0 saturated carbocycles. The van der Waals surface area contributed by atoms with Crippen LogP contribution in [0.4, 0.5) is 20.5 Å². The van der Waals surface area contributed by atoms with Crippen LogP contribution >= 0.6 is 0 Å². The second-order valence-corrected chi connectivity index (χ2v) is 13.1. The van der Waals surface area contributed by atoms with Gasteiger partial charge in [0.2, 0.25) is 5.95 Å². The van der Waals surface area contributed by atoms with Crippen molar-refractivity contribution in [1.82, 2.24) is 29.4 Å². The number of benzene rings is 1. The summed E-state index contributed by atoms with van der Waals surface area (Å²) in [6, 6.07) is 6.34. The Morgan fingerprint density at radius 3 is 2.39 bits per heavy atom. The third kappa shape index (κ3) is 5.94. The second kappa shape index (κ2) is 11.4. The van der Waals surface area contributed by atoms with Crippen LogP contribution < -0.4 is 5.32 Å². The summed E-state index contributed by atoms with van der Waals surface area (Å²) in [4.78, 5) is 19.4.